The monoisotopic (exact) mass is 636 g/mol. The van der Waals surface area contributed by atoms with E-state index in [4.69, 9.17) is 5.73 Å². The predicted octanol–water partition coefficient (Wildman–Crippen LogP) is 7.81. The lowest BCUT2D eigenvalue weighted by Gasteiger charge is -2.31. The summed E-state index contributed by atoms with van der Waals surface area (Å²) in [6.07, 6.45) is 2.96. The molecule has 2 aromatic heterocycles. The third-order valence-corrected chi connectivity index (χ3v) is 9.70. The van der Waals surface area contributed by atoms with E-state index in [9.17, 15) is 22.8 Å². The number of ketones is 1. The summed E-state index contributed by atoms with van der Waals surface area (Å²) in [5, 5.41) is 0.985. The van der Waals surface area contributed by atoms with Gasteiger partial charge in [-0.15, -0.1) is 0 Å². The first-order valence-electron chi connectivity index (χ1n) is 16.0. The largest absolute Gasteiger partial charge is 0.384 e. The quantitative estimate of drug-likeness (QED) is 0.188. The van der Waals surface area contributed by atoms with Crippen molar-refractivity contribution in [3.63, 3.8) is 0 Å². The summed E-state index contributed by atoms with van der Waals surface area (Å²) >= 11 is 0. The zero-order valence-corrected chi connectivity index (χ0v) is 26.1. The van der Waals surface area contributed by atoms with Gasteiger partial charge in [-0.1, -0.05) is 30.3 Å². The molecule has 240 valence electrons. The SMILES string of the molecule is Cn1c(CCC(=O)[C@H]2C[C@@H]2c2ccc(N)nc2)cc2cc(-c3ccc(C(=O)N4CCC(F)(F)CC4)cc3)cc(-c3ccc(F)cc3)c21. The molecular formula is C38H35F3N4O2. The lowest BCUT2D eigenvalue weighted by molar-refractivity contribution is -0.120. The average molecular weight is 637 g/mol. The molecule has 2 aliphatic rings. The number of pyridine rings is 1. The van der Waals surface area contributed by atoms with Crippen molar-refractivity contribution in [3.8, 4) is 22.3 Å². The minimum atomic E-state index is -2.72. The van der Waals surface area contributed by atoms with Crippen LogP contribution in [0.1, 0.15) is 53.2 Å². The van der Waals surface area contributed by atoms with Gasteiger partial charge in [0.25, 0.3) is 11.8 Å². The van der Waals surface area contributed by atoms with Crippen LogP contribution in [0.15, 0.2) is 85.1 Å². The summed E-state index contributed by atoms with van der Waals surface area (Å²) in [5.41, 5.74) is 12.8. The highest BCUT2D eigenvalue weighted by atomic mass is 19.3. The van der Waals surface area contributed by atoms with E-state index < -0.39 is 5.92 Å². The number of nitrogen functional groups attached to an aromatic ring is 1. The average Bonchev–Trinajstić information content (AvgIpc) is 3.81. The van der Waals surface area contributed by atoms with Gasteiger partial charge in [0.2, 0.25) is 0 Å². The molecule has 0 unspecified atom stereocenters. The number of rotatable bonds is 8. The topological polar surface area (TPSA) is 81.2 Å². The van der Waals surface area contributed by atoms with Crippen LogP contribution in [0.3, 0.4) is 0 Å². The van der Waals surface area contributed by atoms with Gasteiger partial charge in [0.15, 0.2) is 0 Å². The molecule has 6 nitrogen and oxygen atoms in total. The summed E-state index contributed by atoms with van der Waals surface area (Å²) in [6, 6.07) is 23.6. The standard InChI is InChI=1S/C38H35F3N4O2/c1-44-30(11-12-34(46)33-21-31(33)26-8-13-35(42)43-22-26)19-28-18-27(20-32(36(28)44)24-6-9-29(39)10-7-24)23-2-4-25(5-3-23)37(47)45-16-14-38(40,41)15-17-45/h2-10,13,18-20,22,31,33H,11-12,14-17,21H2,1H3,(H2,42,43)/t31-,33+/m1/s1. The maximum Gasteiger partial charge on any atom is 0.253 e. The first-order chi connectivity index (χ1) is 22.6. The Labute approximate surface area is 271 Å². The first kappa shape index (κ1) is 30.7. The second-order valence-corrected chi connectivity index (χ2v) is 12.8. The van der Waals surface area contributed by atoms with Crippen LogP contribution < -0.4 is 5.73 Å². The number of benzene rings is 3. The fourth-order valence-electron chi connectivity index (χ4n) is 6.83. The van der Waals surface area contributed by atoms with Crippen molar-refractivity contribution in [1.29, 1.82) is 0 Å². The third kappa shape index (κ3) is 6.26. The number of nitrogens with zero attached hydrogens (tertiary/aromatic N) is 3. The Hall–Kier alpha value is -4.92. The molecule has 2 atom stereocenters. The lowest BCUT2D eigenvalue weighted by Crippen LogP contribution is -2.42. The van der Waals surface area contributed by atoms with Gasteiger partial charge in [0.05, 0.1) is 5.52 Å². The highest BCUT2D eigenvalue weighted by Crippen LogP contribution is 2.48. The number of hydrogen-bond acceptors (Lipinski definition) is 4. The van der Waals surface area contributed by atoms with E-state index in [2.05, 4.69) is 27.8 Å². The van der Waals surface area contributed by atoms with Gasteiger partial charge in [-0.2, -0.15) is 0 Å². The van der Waals surface area contributed by atoms with E-state index in [-0.39, 0.29) is 55.3 Å². The van der Waals surface area contributed by atoms with Crippen LogP contribution in [0.5, 0.6) is 0 Å². The Kier molecular flexibility index (Phi) is 7.86. The second kappa shape index (κ2) is 12.0. The Morgan fingerprint density at radius 1 is 0.915 bits per heavy atom. The number of Topliss-reactive ketones (excluding diaryl/α,β-unsaturated/α-hetero) is 1. The Morgan fingerprint density at radius 2 is 1.62 bits per heavy atom. The lowest BCUT2D eigenvalue weighted by atomic mass is 9.95. The van der Waals surface area contributed by atoms with Crippen LogP contribution >= 0.6 is 0 Å². The molecule has 1 aliphatic heterocycles. The fourth-order valence-corrected chi connectivity index (χ4v) is 6.83. The Morgan fingerprint density at radius 3 is 2.30 bits per heavy atom. The van der Waals surface area contributed by atoms with Gasteiger partial charge in [0.1, 0.15) is 17.4 Å². The predicted molar refractivity (Wildman–Crippen MR) is 177 cm³/mol. The summed E-state index contributed by atoms with van der Waals surface area (Å²) in [6.45, 7) is 0.0725. The summed E-state index contributed by atoms with van der Waals surface area (Å²) in [5.74, 6) is -2.39. The van der Waals surface area contributed by atoms with Crippen molar-refractivity contribution in [1.82, 2.24) is 14.5 Å². The van der Waals surface area contributed by atoms with Crippen LogP contribution in [0.25, 0.3) is 33.2 Å². The van der Waals surface area contributed by atoms with E-state index in [0.717, 1.165) is 50.8 Å². The van der Waals surface area contributed by atoms with Crippen LogP contribution in [-0.2, 0) is 18.3 Å². The molecule has 2 fully saturated rings. The molecule has 1 saturated carbocycles. The van der Waals surface area contributed by atoms with E-state index in [1.165, 1.54) is 17.0 Å². The van der Waals surface area contributed by atoms with Crippen LogP contribution in [-0.4, -0.2) is 45.2 Å². The van der Waals surface area contributed by atoms with Crippen LogP contribution in [0.2, 0.25) is 0 Å². The summed E-state index contributed by atoms with van der Waals surface area (Å²) in [4.78, 5) is 31.8. The van der Waals surface area contributed by atoms with Gasteiger partial charge in [-0.25, -0.2) is 18.2 Å². The van der Waals surface area contributed by atoms with Gasteiger partial charge in [-0.05, 0) is 89.5 Å². The smallest absolute Gasteiger partial charge is 0.253 e. The molecule has 3 heterocycles. The van der Waals surface area contributed by atoms with Crippen LogP contribution in [0.4, 0.5) is 19.0 Å². The minimum absolute atomic E-state index is 0.00204. The normalized spacial score (nSPS) is 18.8. The molecule has 5 aromatic rings. The van der Waals surface area contributed by atoms with Crippen molar-refractivity contribution in [2.24, 2.45) is 13.0 Å². The zero-order chi connectivity index (χ0) is 32.9. The molecule has 7 rings (SSSR count). The minimum Gasteiger partial charge on any atom is -0.384 e. The van der Waals surface area contributed by atoms with E-state index in [1.807, 2.05) is 25.2 Å². The number of carbonyl (C=O) groups excluding carboxylic acids is 2. The molecule has 1 amide bonds. The maximum absolute atomic E-state index is 13.9. The highest BCUT2D eigenvalue weighted by molar-refractivity contribution is 6.00. The molecule has 1 saturated heterocycles. The molecule has 2 N–H and O–H groups in total. The highest BCUT2D eigenvalue weighted by Gasteiger charge is 2.43. The molecule has 1 aliphatic carbocycles. The number of amides is 1. The number of hydrogen-bond donors (Lipinski definition) is 1. The van der Waals surface area contributed by atoms with Gasteiger partial charge in [-0.3, -0.25) is 9.59 Å². The Balaban J connectivity index is 1.15. The molecule has 9 heteroatoms. The molecular weight excluding hydrogens is 601 g/mol. The Bertz CT molecular complexity index is 1960. The number of anilines is 1. The van der Waals surface area contributed by atoms with Crippen molar-refractivity contribution in [2.45, 2.75) is 43.9 Å². The van der Waals surface area contributed by atoms with Crippen LogP contribution in [0, 0.1) is 11.7 Å². The molecule has 0 spiro atoms. The van der Waals surface area contributed by atoms with Crippen molar-refractivity contribution in [3.05, 3.63) is 108 Å². The number of piperidine rings is 1. The van der Waals surface area contributed by atoms with Crippen molar-refractivity contribution >= 4 is 28.4 Å². The third-order valence-electron chi connectivity index (χ3n) is 9.70. The number of alkyl halides is 2. The summed E-state index contributed by atoms with van der Waals surface area (Å²) < 4.78 is 43.2. The molecule has 0 bridgehead atoms. The van der Waals surface area contributed by atoms with E-state index in [1.54, 1.807) is 36.5 Å². The van der Waals surface area contributed by atoms with E-state index >= 15 is 0 Å². The van der Waals surface area contributed by atoms with Gasteiger partial charge < -0.3 is 15.2 Å². The second-order valence-electron chi connectivity index (χ2n) is 12.8. The van der Waals surface area contributed by atoms with Gasteiger partial charge >= 0.3 is 0 Å². The fraction of sp³-hybridized carbons (Fsp3) is 0.289. The summed E-state index contributed by atoms with van der Waals surface area (Å²) in [7, 11) is 1.99. The number of nitrogens with two attached hydrogens (primary N) is 1. The molecule has 0 radical (unpaired) electrons. The number of fused-ring (bicyclic) bond motifs is 1. The number of aromatic nitrogens is 2. The number of halogens is 3. The molecule has 47 heavy (non-hydrogen) atoms. The maximum atomic E-state index is 13.9. The number of aryl methyl sites for hydroxylation is 2. The van der Waals surface area contributed by atoms with E-state index in [0.29, 0.717) is 24.2 Å². The van der Waals surface area contributed by atoms with Crippen molar-refractivity contribution in [2.75, 3.05) is 18.8 Å². The first-order valence-corrected chi connectivity index (χ1v) is 16.0. The zero-order valence-electron chi connectivity index (χ0n) is 26.1. The number of likely N-dealkylation sites (tertiary alicyclic amines) is 1. The number of carbonyl (C=O) groups is 2. The van der Waals surface area contributed by atoms with Gasteiger partial charge in [0, 0.05) is 73.7 Å². The van der Waals surface area contributed by atoms with Crippen molar-refractivity contribution < 1.29 is 22.8 Å². The molecule has 3 aromatic carbocycles.